The van der Waals surface area contributed by atoms with Crippen LogP contribution in [0.2, 0.25) is 0 Å². The third kappa shape index (κ3) is 3.40. The molecule has 1 aliphatic carbocycles. The first kappa shape index (κ1) is 18.0. The lowest BCUT2D eigenvalue weighted by Crippen LogP contribution is -2.44. The Bertz CT molecular complexity index is 760. The zero-order valence-corrected chi connectivity index (χ0v) is 16.2. The number of nitrogens with zero attached hydrogens (tertiary/aromatic N) is 4. The van der Waals surface area contributed by atoms with Crippen molar-refractivity contribution in [1.29, 1.82) is 0 Å². The van der Waals surface area contributed by atoms with Crippen molar-refractivity contribution in [2.24, 2.45) is 17.8 Å². The van der Waals surface area contributed by atoms with E-state index in [1.54, 1.807) is 4.57 Å². The quantitative estimate of drug-likeness (QED) is 0.771. The second-order valence-electron chi connectivity index (χ2n) is 9.07. The predicted molar refractivity (Wildman–Crippen MR) is 101 cm³/mol. The molecule has 0 unspecified atom stereocenters. The molecular weight excluding hydrogens is 328 g/mol. The minimum atomic E-state index is -0.419. The molecule has 3 heterocycles. The summed E-state index contributed by atoms with van der Waals surface area (Å²) < 4.78 is 3.20. The Morgan fingerprint density at radius 3 is 2.54 bits per heavy atom. The average Bonchev–Trinajstić information content (AvgIpc) is 2.98. The lowest BCUT2D eigenvalue weighted by atomic mass is 9.87. The van der Waals surface area contributed by atoms with Crippen molar-refractivity contribution in [2.45, 2.75) is 71.4 Å². The van der Waals surface area contributed by atoms with Gasteiger partial charge in [-0.15, -0.1) is 0 Å². The zero-order chi connectivity index (χ0) is 18.3. The Labute approximate surface area is 155 Å². The summed E-state index contributed by atoms with van der Waals surface area (Å²) in [5.74, 6) is 2.77. The largest absolute Gasteiger partial charge is 0.332 e. The van der Waals surface area contributed by atoms with E-state index in [-0.39, 0.29) is 5.56 Å². The molecule has 4 rings (SSSR count). The van der Waals surface area contributed by atoms with Gasteiger partial charge in [0.1, 0.15) is 5.82 Å². The summed E-state index contributed by atoms with van der Waals surface area (Å²) in [4.78, 5) is 27.8. The highest BCUT2D eigenvalue weighted by atomic mass is 16.2. The first-order valence-electron chi connectivity index (χ1n) is 10.5. The molecule has 1 saturated carbocycles. The average molecular weight is 361 g/mol. The summed E-state index contributed by atoms with van der Waals surface area (Å²) in [7, 11) is 0. The Morgan fingerprint density at radius 2 is 1.81 bits per heavy atom. The highest BCUT2D eigenvalue weighted by molar-refractivity contribution is 5.09. The fraction of sp³-hybridized carbons (Fsp3) is 0.850. The van der Waals surface area contributed by atoms with Gasteiger partial charge in [0, 0.05) is 32.1 Å². The minimum absolute atomic E-state index is 0.299. The SMILES string of the molecule is CC(C)CN1CC[C@H]2Cn3c(nn(CC4CCCCC4)c(=O)c3=O)[C@@H]2C1. The molecule has 2 atom stereocenters. The molecule has 2 fully saturated rings. The van der Waals surface area contributed by atoms with Gasteiger partial charge in [-0.2, -0.15) is 5.10 Å². The van der Waals surface area contributed by atoms with Gasteiger partial charge < -0.3 is 4.90 Å². The number of fused-ring (bicyclic) bond motifs is 3. The van der Waals surface area contributed by atoms with Crippen LogP contribution >= 0.6 is 0 Å². The lowest BCUT2D eigenvalue weighted by molar-refractivity contribution is 0.150. The molecule has 0 bridgehead atoms. The van der Waals surface area contributed by atoms with Crippen LogP contribution in [0.3, 0.4) is 0 Å². The fourth-order valence-electron chi connectivity index (χ4n) is 5.24. The third-order valence-electron chi connectivity index (χ3n) is 6.53. The topological polar surface area (TPSA) is 60.1 Å². The number of hydrogen-bond acceptors (Lipinski definition) is 4. The Kier molecular flexibility index (Phi) is 5.04. The van der Waals surface area contributed by atoms with Gasteiger partial charge in [-0.1, -0.05) is 33.1 Å². The van der Waals surface area contributed by atoms with Crippen molar-refractivity contribution >= 4 is 0 Å². The van der Waals surface area contributed by atoms with Crippen LogP contribution in [-0.4, -0.2) is 38.9 Å². The summed E-state index contributed by atoms with van der Waals surface area (Å²) in [5, 5.41) is 4.75. The zero-order valence-electron chi connectivity index (χ0n) is 16.2. The van der Waals surface area contributed by atoms with Gasteiger partial charge in [0.2, 0.25) is 0 Å². The van der Waals surface area contributed by atoms with Crippen LogP contribution in [0.5, 0.6) is 0 Å². The van der Waals surface area contributed by atoms with Crippen LogP contribution in [0.25, 0.3) is 0 Å². The third-order valence-corrected chi connectivity index (χ3v) is 6.53. The van der Waals surface area contributed by atoms with E-state index in [9.17, 15) is 9.59 Å². The number of rotatable bonds is 4. The van der Waals surface area contributed by atoms with E-state index in [1.807, 2.05) is 0 Å². The van der Waals surface area contributed by atoms with Crippen LogP contribution < -0.4 is 11.1 Å². The standard InChI is InChI=1S/C20H32N4O2/c1-14(2)10-22-9-8-16-12-23-18(17(16)13-22)21-24(20(26)19(23)25)11-15-6-4-3-5-7-15/h14-17H,3-13H2,1-2H3/t16-,17+/m0/s1. The fourth-order valence-corrected chi connectivity index (χ4v) is 5.24. The van der Waals surface area contributed by atoms with Crippen LogP contribution in [0.15, 0.2) is 9.59 Å². The van der Waals surface area contributed by atoms with Gasteiger partial charge in [-0.3, -0.25) is 14.2 Å². The molecule has 0 radical (unpaired) electrons. The Hall–Kier alpha value is -1.43. The van der Waals surface area contributed by atoms with E-state index >= 15 is 0 Å². The van der Waals surface area contributed by atoms with Crippen molar-refractivity contribution < 1.29 is 0 Å². The minimum Gasteiger partial charge on any atom is -0.302 e. The first-order chi connectivity index (χ1) is 12.5. The van der Waals surface area contributed by atoms with Gasteiger partial charge in [0.25, 0.3) is 0 Å². The van der Waals surface area contributed by atoms with Crippen molar-refractivity contribution in [2.75, 3.05) is 19.6 Å². The molecule has 3 aliphatic rings. The maximum absolute atomic E-state index is 12.7. The molecule has 6 heteroatoms. The molecule has 1 aromatic heterocycles. The molecule has 26 heavy (non-hydrogen) atoms. The van der Waals surface area contributed by atoms with E-state index in [1.165, 1.54) is 23.9 Å². The summed E-state index contributed by atoms with van der Waals surface area (Å²) in [6.45, 7) is 8.95. The molecule has 0 spiro atoms. The molecule has 1 aromatic rings. The van der Waals surface area contributed by atoms with Gasteiger partial charge in [0.15, 0.2) is 0 Å². The number of likely N-dealkylation sites (tertiary alicyclic amines) is 1. The first-order valence-corrected chi connectivity index (χ1v) is 10.5. The van der Waals surface area contributed by atoms with E-state index in [0.29, 0.717) is 36.8 Å². The molecule has 144 valence electrons. The maximum atomic E-state index is 12.7. The van der Waals surface area contributed by atoms with E-state index in [0.717, 1.165) is 44.7 Å². The number of piperidine rings is 1. The molecule has 6 nitrogen and oxygen atoms in total. The molecular formula is C20H32N4O2. The van der Waals surface area contributed by atoms with Crippen LogP contribution in [-0.2, 0) is 13.1 Å². The van der Waals surface area contributed by atoms with E-state index < -0.39 is 5.56 Å². The predicted octanol–water partition coefficient (Wildman–Crippen LogP) is 2.06. The van der Waals surface area contributed by atoms with Gasteiger partial charge >= 0.3 is 11.1 Å². The smallest absolute Gasteiger partial charge is 0.302 e. The second-order valence-corrected chi connectivity index (χ2v) is 9.07. The normalized spacial score (nSPS) is 26.9. The van der Waals surface area contributed by atoms with Crippen molar-refractivity contribution in [3.63, 3.8) is 0 Å². The molecule has 0 N–H and O–H groups in total. The van der Waals surface area contributed by atoms with E-state index in [2.05, 4.69) is 18.7 Å². The van der Waals surface area contributed by atoms with Crippen LogP contribution in [0.1, 0.15) is 64.1 Å². The van der Waals surface area contributed by atoms with Crippen molar-refractivity contribution in [3.8, 4) is 0 Å². The monoisotopic (exact) mass is 360 g/mol. The molecule has 0 aromatic carbocycles. The highest BCUT2D eigenvalue weighted by Gasteiger charge is 2.40. The number of hydrogen-bond donors (Lipinski definition) is 0. The summed E-state index contributed by atoms with van der Waals surface area (Å²) in [5.41, 5.74) is -0.771. The van der Waals surface area contributed by atoms with Crippen LogP contribution in [0.4, 0.5) is 0 Å². The maximum Gasteiger partial charge on any atom is 0.332 e. The van der Waals surface area contributed by atoms with Gasteiger partial charge in [-0.05, 0) is 43.6 Å². The Balaban J connectivity index is 1.60. The van der Waals surface area contributed by atoms with Gasteiger partial charge in [0.05, 0.1) is 0 Å². The Morgan fingerprint density at radius 1 is 1.04 bits per heavy atom. The molecule has 2 aliphatic heterocycles. The lowest BCUT2D eigenvalue weighted by Gasteiger charge is -2.35. The van der Waals surface area contributed by atoms with Gasteiger partial charge in [-0.25, -0.2) is 4.68 Å². The number of aromatic nitrogens is 3. The molecule has 1 saturated heterocycles. The second kappa shape index (κ2) is 7.29. The van der Waals surface area contributed by atoms with Crippen LogP contribution in [0, 0.1) is 17.8 Å². The van der Waals surface area contributed by atoms with Crippen molar-refractivity contribution in [3.05, 3.63) is 26.5 Å². The highest BCUT2D eigenvalue weighted by Crippen LogP contribution is 2.37. The molecule has 0 amide bonds. The van der Waals surface area contributed by atoms with E-state index in [4.69, 9.17) is 5.10 Å². The summed E-state index contributed by atoms with van der Waals surface area (Å²) in [6, 6.07) is 0. The summed E-state index contributed by atoms with van der Waals surface area (Å²) >= 11 is 0. The van der Waals surface area contributed by atoms with Crippen molar-refractivity contribution in [1.82, 2.24) is 19.2 Å². The summed E-state index contributed by atoms with van der Waals surface area (Å²) in [6.07, 6.45) is 7.16.